The standard InChI is InChI=1S/C17H25NO2/c1-12-7-8-16(19)14(11-12)13(2)18-9-10-20-17-6-4-3-5-15(17)18/h7-8,11,13,15,17,19H,3-6,9-10H2,1-2H3. The van der Waals surface area contributed by atoms with Crippen molar-refractivity contribution in [2.75, 3.05) is 13.2 Å². The Labute approximate surface area is 121 Å². The Morgan fingerprint density at radius 1 is 1.30 bits per heavy atom. The van der Waals surface area contributed by atoms with Gasteiger partial charge < -0.3 is 9.84 Å². The Kier molecular flexibility index (Phi) is 3.99. The van der Waals surface area contributed by atoms with Gasteiger partial charge in [0, 0.05) is 24.2 Å². The molecule has 1 aromatic carbocycles. The molecule has 0 radical (unpaired) electrons. The molecule has 2 fully saturated rings. The molecule has 0 amide bonds. The van der Waals surface area contributed by atoms with Crippen molar-refractivity contribution in [3.05, 3.63) is 29.3 Å². The van der Waals surface area contributed by atoms with Crippen LogP contribution in [0.1, 0.15) is 49.8 Å². The molecule has 3 heteroatoms. The minimum atomic E-state index is 0.254. The summed E-state index contributed by atoms with van der Waals surface area (Å²) in [7, 11) is 0. The summed E-state index contributed by atoms with van der Waals surface area (Å²) in [5.41, 5.74) is 2.26. The molecule has 1 saturated carbocycles. The lowest BCUT2D eigenvalue weighted by Gasteiger charge is -2.46. The molecule has 3 unspecified atom stereocenters. The SMILES string of the molecule is Cc1ccc(O)c(C(C)N2CCOC3CCCCC32)c1. The van der Waals surface area contributed by atoms with E-state index in [2.05, 4.69) is 24.8 Å². The lowest BCUT2D eigenvalue weighted by molar-refractivity contribution is -0.101. The number of benzene rings is 1. The first-order valence-electron chi connectivity index (χ1n) is 7.83. The second kappa shape index (κ2) is 5.74. The van der Waals surface area contributed by atoms with Gasteiger partial charge in [-0.2, -0.15) is 0 Å². The number of fused-ring (bicyclic) bond motifs is 1. The van der Waals surface area contributed by atoms with E-state index in [0.29, 0.717) is 17.9 Å². The number of aromatic hydroxyl groups is 1. The van der Waals surface area contributed by atoms with Gasteiger partial charge in [0.05, 0.1) is 12.7 Å². The lowest BCUT2D eigenvalue weighted by Crippen LogP contribution is -2.53. The maximum Gasteiger partial charge on any atom is 0.120 e. The number of hydrogen-bond acceptors (Lipinski definition) is 3. The lowest BCUT2D eigenvalue weighted by atomic mass is 9.88. The van der Waals surface area contributed by atoms with Crippen LogP contribution in [0.25, 0.3) is 0 Å². The molecule has 2 aliphatic rings. The highest BCUT2D eigenvalue weighted by molar-refractivity contribution is 5.38. The first kappa shape index (κ1) is 13.9. The van der Waals surface area contributed by atoms with Crippen LogP contribution in [0, 0.1) is 6.92 Å². The molecular formula is C17H25NO2. The van der Waals surface area contributed by atoms with Gasteiger partial charge in [-0.3, -0.25) is 4.90 Å². The quantitative estimate of drug-likeness (QED) is 0.898. The summed E-state index contributed by atoms with van der Waals surface area (Å²) >= 11 is 0. The van der Waals surface area contributed by atoms with E-state index in [-0.39, 0.29) is 6.04 Å². The first-order valence-corrected chi connectivity index (χ1v) is 7.83. The van der Waals surface area contributed by atoms with E-state index in [4.69, 9.17) is 4.74 Å². The molecule has 1 saturated heterocycles. The van der Waals surface area contributed by atoms with Gasteiger partial charge in [0.1, 0.15) is 5.75 Å². The minimum absolute atomic E-state index is 0.254. The van der Waals surface area contributed by atoms with Crippen LogP contribution in [-0.2, 0) is 4.74 Å². The molecule has 1 aromatic rings. The zero-order valence-corrected chi connectivity index (χ0v) is 12.5. The largest absolute Gasteiger partial charge is 0.508 e. The van der Waals surface area contributed by atoms with Crippen LogP contribution in [0.4, 0.5) is 0 Å². The molecule has 1 aliphatic carbocycles. The number of nitrogens with zero attached hydrogens (tertiary/aromatic N) is 1. The predicted molar refractivity (Wildman–Crippen MR) is 80.0 cm³/mol. The van der Waals surface area contributed by atoms with E-state index in [1.54, 1.807) is 0 Å². The average molecular weight is 275 g/mol. The minimum Gasteiger partial charge on any atom is -0.508 e. The third-order valence-corrected chi connectivity index (χ3v) is 4.91. The normalized spacial score (nSPS) is 28.9. The van der Waals surface area contributed by atoms with E-state index in [1.165, 1.54) is 31.2 Å². The number of ether oxygens (including phenoxy) is 1. The first-order chi connectivity index (χ1) is 9.66. The van der Waals surface area contributed by atoms with Crippen LogP contribution < -0.4 is 0 Å². The van der Waals surface area contributed by atoms with Gasteiger partial charge in [0.2, 0.25) is 0 Å². The Bertz CT molecular complexity index is 472. The molecule has 3 rings (SSSR count). The number of aryl methyl sites for hydroxylation is 1. The van der Waals surface area contributed by atoms with E-state index in [0.717, 1.165) is 18.7 Å². The molecule has 110 valence electrons. The van der Waals surface area contributed by atoms with E-state index in [1.807, 2.05) is 12.1 Å². The third kappa shape index (κ3) is 2.57. The Balaban J connectivity index is 1.84. The van der Waals surface area contributed by atoms with E-state index in [9.17, 15) is 5.11 Å². The maximum atomic E-state index is 10.2. The van der Waals surface area contributed by atoms with Gasteiger partial charge in [-0.05, 0) is 32.8 Å². The molecule has 3 nitrogen and oxygen atoms in total. The van der Waals surface area contributed by atoms with Crippen molar-refractivity contribution in [2.45, 2.75) is 57.7 Å². The highest BCUT2D eigenvalue weighted by Crippen LogP contribution is 2.36. The summed E-state index contributed by atoms with van der Waals surface area (Å²) in [6.07, 6.45) is 5.40. The fraction of sp³-hybridized carbons (Fsp3) is 0.647. The number of morpholine rings is 1. The molecule has 0 bridgehead atoms. The summed E-state index contributed by atoms with van der Waals surface area (Å²) in [5, 5.41) is 10.2. The van der Waals surface area contributed by atoms with Crippen LogP contribution in [0.3, 0.4) is 0 Å². The van der Waals surface area contributed by atoms with Crippen LogP contribution >= 0.6 is 0 Å². The number of phenols is 1. The molecule has 1 N–H and O–H groups in total. The zero-order chi connectivity index (χ0) is 14.1. The van der Waals surface area contributed by atoms with Crippen molar-refractivity contribution in [2.24, 2.45) is 0 Å². The zero-order valence-electron chi connectivity index (χ0n) is 12.5. The Hall–Kier alpha value is -1.06. The summed E-state index contributed by atoms with van der Waals surface area (Å²) in [6.45, 7) is 6.08. The van der Waals surface area contributed by atoms with Crippen molar-refractivity contribution >= 4 is 0 Å². The van der Waals surface area contributed by atoms with Crippen molar-refractivity contribution in [3.63, 3.8) is 0 Å². The topological polar surface area (TPSA) is 32.7 Å². The molecule has 1 aliphatic heterocycles. The third-order valence-electron chi connectivity index (χ3n) is 4.91. The average Bonchev–Trinajstić information content (AvgIpc) is 2.48. The van der Waals surface area contributed by atoms with Crippen LogP contribution in [-0.4, -0.2) is 35.3 Å². The van der Waals surface area contributed by atoms with Crippen LogP contribution in [0.15, 0.2) is 18.2 Å². The summed E-state index contributed by atoms with van der Waals surface area (Å²) in [4.78, 5) is 2.54. The predicted octanol–water partition coefficient (Wildman–Crippen LogP) is 3.41. The molecular weight excluding hydrogens is 250 g/mol. The summed E-state index contributed by atoms with van der Waals surface area (Å²) in [6, 6.07) is 6.68. The van der Waals surface area contributed by atoms with E-state index >= 15 is 0 Å². The summed E-state index contributed by atoms with van der Waals surface area (Å²) in [5.74, 6) is 0.418. The molecule has 1 heterocycles. The second-order valence-corrected chi connectivity index (χ2v) is 6.24. The molecule has 0 spiro atoms. The van der Waals surface area contributed by atoms with E-state index < -0.39 is 0 Å². The molecule has 20 heavy (non-hydrogen) atoms. The number of rotatable bonds is 2. The Morgan fingerprint density at radius 2 is 2.10 bits per heavy atom. The molecule has 0 aromatic heterocycles. The van der Waals surface area contributed by atoms with Gasteiger partial charge in [-0.1, -0.05) is 30.5 Å². The fourth-order valence-corrected chi connectivity index (χ4v) is 3.79. The van der Waals surface area contributed by atoms with Gasteiger partial charge >= 0.3 is 0 Å². The highest BCUT2D eigenvalue weighted by Gasteiger charge is 2.37. The van der Waals surface area contributed by atoms with Crippen LogP contribution in [0.2, 0.25) is 0 Å². The van der Waals surface area contributed by atoms with Crippen molar-refractivity contribution < 1.29 is 9.84 Å². The number of hydrogen-bond donors (Lipinski definition) is 1. The Morgan fingerprint density at radius 3 is 2.95 bits per heavy atom. The van der Waals surface area contributed by atoms with Crippen molar-refractivity contribution in [1.29, 1.82) is 0 Å². The maximum absolute atomic E-state index is 10.2. The summed E-state index contributed by atoms with van der Waals surface area (Å²) < 4.78 is 5.95. The number of phenolic OH excluding ortho intramolecular Hbond substituents is 1. The van der Waals surface area contributed by atoms with Gasteiger partial charge in [-0.25, -0.2) is 0 Å². The highest BCUT2D eigenvalue weighted by atomic mass is 16.5. The second-order valence-electron chi connectivity index (χ2n) is 6.24. The van der Waals surface area contributed by atoms with Gasteiger partial charge in [-0.15, -0.1) is 0 Å². The van der Waals surface area contributed by atoms with Gasteiger partial charge in [0.25, 0.3) is 0 Å². The van der Waals surface area contributed by atoms with Crippen LogP contribution in [0.5, 0.6) is 5.75 Å². The smallest absolute Gasteiger partial charge is 0.120 e. The van der Waals surface area contributed by atoms with Crippen molar-refractivity contribution in [3.8, 4) is 5.75 Å². The monoisotopic (exact) mass is 275 g/mol. The fourth-order valence-electron chi connectivity index (χ4n) is 3.79. The molecule has 3 atom stereocenters. The van der Waals surface area contributed by atoms with Gasteiger partial charge in [0.15, 0.2) is 0 Å². The van der Waals surface area contributed by atoms with Crippen molar-refractivity contribution in [1.82, 2.24) is 4.90 Å².